The molecule has 28 heavy (non-hydrogen) atoms. The minimum absolute atomic E-state index is 0.360. The Morgan fingerprint density at radius 1 is 1.21 bits per heavy atom. The molecule has 3 aromatic rings. The molecule has 144 valence electrons. The zero-order valence-corrected chi connectivity index (χ0v) is 17.0. The fourth-order valence-electron chi connectivity index (χ4n) is 3.38. The number of nitrogens with one attached hydrogen (secondary N) is 2. The maximum atomic E-state index is 12.9. The molecule has 1 aliphatic carbocycles. The van der Waals surface area contributed by atoms with E-state index in [2.05, 4.69) is 20.6 Å². The summed E-state index contributed by atoms with van der Waals surface area (Å²) in [5, 5.41) is 6.32. The second-order valence-electron chi connectivity index (χ2n) is 6.47. The van der Waals surface area contributed by atoms with Gasteiger partial charge in [-0.1, -0.05) is 42.1 Å². The summed E-state index contributed by atoms with van der Waals surface area (Å²) in [5.74, 6) is -0.360. The molecule has 0 unspecified atom stereocenters. The maximum absolute atomic E-state index is 12.9. The lowest BCUT2D eigenvalue weighted by atomic mass is 10.1. The zero-order chi connectivity index (χ0) is 19.5. The van der Waals surface area contributed by atoms with Crippen LogP contribution in [0.2, 0.25) is 0 Å². The summed E-state index contributed by atoms with van der Waals surface area (Å²) < 4.78 is 0. The molecule has 0 spiro atoms. The van der Waals surface area contributed by atoms with Crippen LogP contribution in [-0.2, 0) is 17.6 Å². The number of fused-ring (bicyclic) bond motifs is 3. The van der Waals surface area contributed by atoms with Gasteiger partial charge in [-0.25, -0.2) is 14.8 Å². The van der Waals surface area contributed by atoms with Crippen molar-refractivity contribution in [2.45, 2.75) is 36.5 Å². The number of thioether (sulfide) groups is 1. The van der Waals surface area contributed by atoms with Crippen molar-refractivity contribution in [3.8, 4) is 0 Å². The zero-order valence-electron chi connectivity index (χ0n) is 15.4. The molecule has 0 aliphatic heterocycles. The van der Waals surface area contributed by atoms with Gasteiger partial charge in [0, 0.05) is 16.8 Å². The molecule has 1 aromatic carbocycles. The summed E-state index contributed by atoms with van der Waals surface area (Å²) >= 11 is 3.09. The first-order valence-corrected chi connectivity index (χ1v) is 10.9. The third-order valence-corrected chi connectivity index (χ3v) is 7.07. The highest BCUT2D eigenvalue weighted by Crippen LogP contribution is 2.43. The van der Waals surface area contributed by atoms with Crippen molar-refractivity contribution in [3.63, 3.8) is 0 Å². The number of carbonyl (C=O) groups excluding carboxylic acids is 2. The predicted octanol–water partition coefficient (Wildman–Crippen LogP) is 3.86. The lowest BCUT2D eigenvalue weighted by Crippen LogP contribution is -2.41. The van der Waals surface area contributed by atoms with Crippen molar-refractivity contribution in [2.24, 2.45) is 0 Å². The lowest BCUT2D eigenvalue weighted by molar-refractivity contribution is -0.119. The quantitative estimate of drug-likeness (QED) is 0.491. The van der Waals surface area contributed by atoms with Gasteiger partial charge >= 0.3 is 6.03 Å². The van der Waals surface area contributed by atoms with Gasteiger partial charge in [0.05, 0.1) is 0 Å². The van der Waals surface area contributed by atoms with Crippen LogP contribution < -0.4 is 10.6 Å². The van der Waals surface area contributed by atoms with Crippen LogP contribution in [0.4, 0.5) is 4.79 Å². The summed E-state index contributed by atoms with van der Waals surface area (Å²) in [6, 6.07) is 8.98. The smallest absolute Gasteiger partial charge is 0.321 e. The van der Waals surface area contributed by atoms with Crippen molar-refractivity contribution < 1.29 is 9.59 Å². The minimum atomic E-state index is -0.584. The number of aromatic nitrogens is 2. The van der Waals surface area contributed by atoms with E-state index in [9.17, 15) is 9.59 Å². The Morgan fingerprint density at radius 2 is 2.04 bits per heavy atom. The van der Waals surface area contributed by atoms with Crippen molar-refractivity contribution in [1.82, 2.24) is 20.6 Å². The van der Waals surface area contributed by atoms with E-state index in [1.807, 2.05) is 37.3 Å². The number of imide groups is 1. The molecule has 3 amide bonds. The molecule has 4 rings (SSSR count). The first kappa shape index (κ1) is 18.9. The normalized spacial score (nSPS) is 13.9. The van der Waals surface area contributed by atoms with E-state index in [4.69, 9.17) is 0 Å². The van der Waals surface area contributed by atoms with Gasteiger partial charge in [0.25, 0.3) is 0 Å². The highest BCUT2D eigenvalue weighted by atomic mass is 32.2. The summed E-state index contributed by atoms with van der Waals surface area (Å²) in [6.07, 6.45) is 4.81. The topological polar surface area (TPSA) is 84.0 Å². The van der Waals surface area contributed by atoms with E-state index >= 15 is 0 Å². The number of thiophene rings is 1. The Balaban J connectivity index is 1.69. The largest absolute Gasteiger partial charge is 0.338 e. The maximum Gasteiger partial charge on any atom is 0.321 e. The van der Waals surface area contributed by atoms with Crippen molar-refractivity contribution in [2.75, 3.05) is 6.54 Å². The Morgan fingerprint density at radius 3 is 2.82 bits per heavy atom. The molecule has 0 saturated carbocycles. The van der Waals surface area contributed by atoms with Crippen LogP contribution in [0.15, 0.2) is 41.7 Å². The molecule has 1 atom stereocenters. The summed E-state index contributed by atoms with van der Waals surface area (Å²) in [4.78, 5) is 36.1. The molecule has 2 aromatic heterocycles. The molecular formula is C20H20N4O2S2. The molecule has 0 bridgehead atoms. The van der Waals surface area contributed by atoms with Gasteiger partial charge in [-0.3, -0.25) is 10.1 Å². The Bertz CT molecular complexity index is 1020. The van der Waals surface area contributed by atoms with E-state index < -0.39 is 11.3 Å². The number of carbonyl (C=O) groups is 2. The van der Waals surface area contributed by atoms with Gasteiger partial charge in [0.2, 0.25) is 5.91 Å². The van der Waals surface area contributed by atoms with Crippen LogP contribution in [-0.4, -0.2) is 28.5 Å². The van der Waals surface area contributed by atoms with E-state index in [0.29, 0.717) is 6.54 Å². The first-order chi connectivity index (χ1) is 13.7. The SMILES string of the molecule is CCNC(=O)NC(=O)[C@@H](Sc1ncnc2sc3c(c12)CCC3)c1ccccc1. The van der Waals surface area contributed by atoms with Crippen molar-refractivity contribution in [3.05, 3.63) is 52.7 Å². The average Bonchev–Trinajstić information content (AvgIpc) is 3.28. The average molecular weight is 413 g/mol. The first-order valence-electron chi connectivity index (χ1n) is 9.23. The van der Waals surface area contributed by atoms with E-state index in [-0.39, 0.29) is 5.91 Å². The number of rotatable bonds is 5. The number of hydrogen-bond acceptors (Lipinski definition) is 6. The fraction of sp³-hybridized carbons (Fsp3) is 0.300. The van der Waals surface area contributed by atoms with Gasteiger partial charge < -0.3 is 5.32 Å². The monoisotopic (exact) mass is 412 g/mol. The summed E-state index contributed by atoms with van der Waals surface area (Å²) in [7, 11) is 0. The van der Waals surface area contributed by atoms with Crippen LogP contribution in [0.25, 0.3) is 10.2 Å². The molecule has 0 fully saturated rings. The number of urea groups is 1. The Labute approximate surface area is 171 Å². The van der Waals surface area contributed by atoms with E-state index in [1.165, 1.54) is 22.2 Å². The predicted molar refractivity (Wildman–Crippen MR) is 112 cm³/mol. The van der Waals surface area contributed by atoms with Crippen LogP contribution in [0.3, 0.4) is 0 Å². The van der Waals surface area contributed by atoms with Crippen LogP contribution in [0, 0.1) is 0 Å². The molecule has 0 saturated heterocycles. The minimum Gasteiger partial charge on any atom is -0.338 e. The second-order valence-corrected chi connectivity index (χ2v) is 8.65. The van der Waals surface area contributed by atoms with Crippen molar-refractivity contribution >= 4 is 45.3 Å². The van der Waals surface area contributed by atoms with Gasteiger partial charge in [-0.2, -0.15) is 0 Å². The van der Waals surface area contributed by atoms with E-state index in [1.54, 1.807) is 17.7 Å². The summed E-state index contributed by atoms with van der Waals surface area (Å²) in [6.45, 7) is 2.26. The van der Waals surface area contributed by atoms with Gasteiger partial charge in [-0.15, -0.1) is 11.3 Å². The molecule has 6 nitrogen and oxygen atoms in total. The molecule has 2 heterocycles. The highest BCUT2D eigenvalue weighted by Gasteiger charge is 2.27. The molecule has 8 heteroatoms. The molecule has 2 N–H and O–H groups in total. The third kappa shape index (κ3) is 3.74. The number of amides is 3. The number of nitrogens with zero attached hydrogens (tertiary/aromatic N) is 2. The number of hydrogen-bond donors (Lipinski definition) is 2. The molecule has 1 aliphatic rings. The molecule has 0 radical (unpaired) electrons. The second kappa shape index (κ2) is 8.28. The van der Waals surface area contributed by atoms with E-state index in [0.717, 1.165) is 40.1 Å². The fourth-order valence-corrected chi connectivity index (χ4v) is 5.81. The number of benzene rings is 1. The van der Waals surface area contributed by atoms with Gasteiger partial charge in [-0.05, 0) is 37.3 Å². The van der Waals surface area contributed by atoms with Crippen LogP contribution >= 0.6 is 23.1 Å². The van der Waals surface area contributed by atoms with Gasteiger partial charge in [0.15, 0.2) is 0 Å². The highest BCUT2D eigenvalue weighted by molar-refractivity contribution is 8.00. The van der Waals surface area contributed by atoms with Gasteiger partial charge in [0.1, 0.15) is 21.4 Å². The number of aryl methyl sites for hydroxylation is 2. The lowest BCUT2D eigenvalue weighted by Gasteiger charge is -2.16. The standard InChI is InChI=1S/C20H20N4O2S2/c1-2-21-20(26)24-17(25)16(12-7-4-3-5-8-12)28-19-15-13-9-6-10-14(13)27-18(15)22-11-23-19/h3-5,7-8,11,16H,2,6,9-10H2,1H3,(H2,21,24,25,26)/t16-/m0/s1. The summed E-state index contributed by atoms with van der Waals surface area (Å²) in [5.41, 5.74) is 2.15. The van der Waals surface area contributed by atoms with Crippen LogP contribution in [0.5, 0.6) is 0 Å². The third-order valence-electron chi connectivity index (χ3n) is 4.61. The molecular weight excluding hydrogens is 392 g/mol. The Hall–Kier alpha value is -2.45. The van der Waals surface area contributed by atoms with Crippen molar-refractivity contribution in [1.29, 1.82) is 0 Å². The Kier molecular flexibility index (Phi) is 5.59. The van der Waals surface area contributed by atoms with Crippen LogP contribution in [0.1, 0.15) is 34.6 Å².